The lowest BCUT2D eigenvalue weighted by molar-refractivity contribution is -0.137. The summed E-state index contributed by atoms with van der Waals surface area (Å²) in [4.78, 5) is 14.4. The van der Waals surface area contributed by atoms with E-state index < -0.39 is 5.97 Å². The van der Waals surface area contributed by atoms with Gasteiger partial charge in [-0.15, -0.1) is 11.8 Å². The van der Waals surface area contributed by atoms with E-state index in [0.29, 0.717) is 12.3 Å². The Balaban J connectivity index is 1.59. The average Bonchev–Trinajstić information content (AvgIpc) is 2.47. The number of aliphatic carboxylic acids is 1. The van der Waals surface area contributed by atoms with Gasteiger partial charge in [0, 0.05) is 23.6 Å². The van der Waals surface area contributed by atoms with E-state index in [0.717, 1.165) is 44.6 Å². The van der Waals surface area contributed by atoms with E-state index in [1.54, 1.807) is 0 Å². The quantitative estimate of drug-likeness (QED) is 0.783. The molecule has 3 nitrogen and oxygen atoms in total. The van der Waals surface area contributed by atoms with Crippen LogP contribution in [0, 0.1) is 5.92 Å². The second kappa shape index (κ2) is 8.32. The van der Waals surface area contributed by atoms with Crippen molar-refractivity contribution in [3.63, 3.8) is 0 Å². The van der Waals surface area contributed by atoms with Crippen LogP contribution in [-0.2, 0) is 4.79 Å². The van der Waals surface area contributed by atoms with Crippen molar-refractivity contribution in [2.75, 3.05) is 25.4 Å². The monoisotopic (exact) mass is 293 g/mol. The van der Waals surface area contributed by atoms with Gasteiger partial charge in [-0.3, -0.25) is 4.79 Å². The summed E-state index contributed by atoms with van der Waals surface area (Å²) in [6.07, 6.45) is 3.49. The number of hydrogen-bond acceptors (Lipinski definition) is 3. The van der Waals surface area contributed by atoms with Gasteiger partial charge in [-0.2, -0.15) is 0 Å². The Hall–Kier alpha value is -1.00. The smallest absolute Gasteiger partial charge is 0.303 e. The van der Waals surface area contributed by atoms with Gasteiger partial charge in [-0.05, 0) is 50.4 Å². The van der Waals surface area contributed by atoms with Crippen LogP contribution in [-0.4, -0.2) is 41.4 Å². The molecule has 1 saturated heterocycles. The highest BCUT2D eigenvalue weighted by molar-refractivity contribution is 7.99. The minimum atomic E-state index is -0.660. The number of benzene rings is 1. The summed E-state index contributed by atoms with van der Waals surface area (Å²) in [7, 11) is 0. The minimum Gasteiger partial charge on any atom is -0.481 e. The molecule has 1 heterocycles. The third-order valence-corrected chi connectivity index (χ3v) is 4.89. The molecule has 1 N–H and O–H groups in total. The zero-order valence-electron chi connectivity index (χ0n) is 11.8. The van der Waals surface area contributed by atoms with E-state index in [9.17, 15) is 4.79 Å². The van der Waals surface area contributed by atoms with Crippen molar-refractivity contribution in [1.82, 2.24) is 4.90 Å². The SMILES string of the molecule is O=C(O)CCC1CCN(CCSc2ccccc2)CC1. The molecule has 20 heavy (non-hydrogen) atoms. The molecule has 0 atom stereocenters. The summed E-state index contributed by atoms with van der Waals surface area (Å²) in [5, 5.41) is 8.71. The topological polar surface area (TPSA) is 40.5 Å². The molecule has 110 valence electrons. The van der Waals surface area contributed by atoms with Crippen molar-refractivity contribution in [2.24, 2.45) is 5.92 Å². The fraction of sp³-hybridized carbons (Fsp3) is 0.562. The van der Waals surface area contributed by atoms with E-state index in [1.807, 2.05) is 17.8 Å². The molecule has 1 aromatic carbocycles. The molecule has 4 heteroatoms. The van der Waals surface area contributed by atoms with E-state index in [4.69, 9.17) is 5.11 Å². The van der Waals surface area contributed by atoms with Gasteiger partial charge in [0.1, 0.15) is 0 Å². The number of carbonyl (C=O) groups is 1. The summed E-state index contributed by atoms with van der Waals surface area (Å²) in [6.45, 7) is 3.38. The summed E-state index contributed by atoms with van der Waals surface area (Å²) in [5.41, 5.74) is 0. The van der Waals surface area contributed by atoms with Crippen LogP contribution >= 0.6 is 11.8 Å². The van der Waals surface area contributed by atoms with Crippen molar-refractivity contribution in [3.05, 3.63) is 30.3 Å². The molecule has 0 saturated carbocycles. The molecule has 2 rings (SSSR count). The molecule has 1 fully saturated rings. The number of piperidine rings is 1. The second-order valence-corrected chi connectivity index (χ2v) is 6.55. The predicted molar refractivity (Wildman–Crippen MR) is 83.2 cm³/mol. The number of thioether (sulfide) groups is 1. The van der Waals surface area contributed by atoms with E-state index in [1.165, 1.54) is 4.90 Å². The van der Waals surface area contributed by atoms with Crippen molar-refractivity contribution in [2.45, 2.75) is 30.6 Å². The van der Waals surface area contributed by atoms with Crippen molar-refractivity contribution in [3.8, 4) is 0 Å². The molecule has 1 aliphatic rings. The van der Waals surface area contributed by atoms with Crippen LogP contribution in [0.3, 0.4) is 0 Å². The molecule has 0 aromatic heterocycles. The van der Waals surface area contributed by atoms with Crippen molar-refractivity contribution in [1.29, 1.82) is 0 Å². The fourth-order valence-corrected chi connectivity index (χ4v) is 3.57. The molecule has 0 aliphatic carbocycles. The van der Waals surface area contributed by atoms with E-state index in [-0.39, 0.29) is 0 Å². The van der Waals surface area contributed by atoms with Crippen molar-refractivity contribution < 1.29 is 9.90 Å². The van der Waals surface area contributed by atoms with Crippen molar-refractivity contribution >= 4 is 17.7 Å². The van der Waals surface area contributed by atoms with Gasteiger partial charge in [-0.1, -0.05) is 18.2 Å². The van der Waals surface area contributed by atoms with Crippen LogP contribution in [0.4, 0.5) is 0 Å². The Morgan fingerprint density at radius 1 is 1.25 bits per heavy atom. The zero-order valence-corrected chi connectivity index (χ0v) is 12.6. The molecular weight excluding hydrogens is 270 g/mol. The number of hydrogen-bond donors (Lipinski definition) is 1. The lowest BCUT2D eigenvalue weighted by Gasteiger charge is -2.31. The molecule has 0 radical (unpaired) electrons. The molecule has 0 amide bonds. The number of likely N-dealkylation sites (tertiary alicyclic amines) is 1. The summed E-state index contributed by atoms with van der Waals surface area (Å²) < 4.78 is 0. The minimum absolute atomic E-state index is 0.328. The highest BCUT2D eigenvalue weighted by Crippen LogP contribution is 2.23. The Morgan fingerprint density at radius 2 is 1.95 bits per heavy atom. The first-order chi connectivity index (χ1) is 9.74. The maximum atomic E-state index is 10.6. The Bertz CT molecular complexity index is 402. The number of carboxylic acid groups (broad SMARTS) is 1. The first kappa shape index (κ1) is 15.4. The largest absolute Gasteiger partial charge is 0.481 e. The van der Waals surface area contributed by atoms with Gasteiger partial charge < -0.3 is 10.0 Å². The lowest BCUT2D eigenvalue weighted by atomic mass is 9.92. The third-order valence-electron chi connectivity index (χ3n) is 3.89. The first-order valence-corrected chi connectivity index (χ1v) is 8.34. The van der Waals surface area contributed by atoms with Crippen LogP contribution in [0.5, 0.6) is 0 Å². The standard InChI is InChI=1S/C16H23NO2S/c18-16(19)7-6-14-8-10-17(11-9-14)12-13-20-15-4-2-1-3-5-15/h1-5,14H,6-13H2,(H,18,19). The zero-order chi connectivity index (χ0) is 14.2. The van der Waals surface area contributed by atoms with E-state index >= 15 is 0 Å². The number of rotatable bonds is 7. The molecule has 0 spiro atoms. The molecule has 0 unspecified atom stereocenters. The summed E-state index contributed by atoms with van der Waals surface area (Å²) in [5.74, 6) is 1.08. The van der Waals surface area contributed by atoms with Gasteiger partial charge in [0.05, 0.1) is 0 Å². The summed E-state index contributed by atoms with van der Waals surface area (Å²) in [6, 6.07) is 10.5. The number of nitrogens with zero attached hydrogens (tertiary/aromatic N) is 1. The van der Waals surface area contributed by atoms with Gasteiger partial charge in [0.15, 0.2) is 0 Å². The molecular formula is C16H23NO2S. The second-order valence-electron chi connectivity index (χ2n) is 5.38. The molecule has 0 bridgehead atoms. The van der Waals surface area contributed by atoms with E-state index in [2.05, 4.69) is 29.2 Å². The average molecular weight is 293 g/mol. The fourth-order valence-electron chi connectivity index (χ4n) is 2.64. The Kier molecular flexibility index (Phi) is 6.40. The van der Waals surface area contributed by atoms with Gasteiger partial charge in [0.2, 0.25) is 0 Å². The van der Waals surface area contributed by atoms with Crippen LogP contribution < -0.4 is 0 Å². The Labute approximate surface area is 125 Å². The third kappa shape index (κ3) is 5.55. The molecule has 1 aliphatic heterocycles. The van der Waals surface area contributed by atoms with Gasteiger partial charge >= 0.3 is 5.97 Å². The van der Waals surface area contributed by atoms with Crippen LogP contribution in [0.1, 0.15) is 25.7 Å². The Morgan fingerprint density at radius 3 is 2.60 bits per heavy atom. The highest BCUT2D eigenvalue weighted by atomic mass is 32.2. The molecule has 1 aromatic rings. The maximum absolute atomic E-state index is 10.6. The van der Waals surface area contributed by atoms with Gasteiger partial charge in [-0.25, -0.2) is 0 Å². The number of carboxylic acids is 1. The normalized spacial score (nSPS) is 17.2. The maximum Gasteiger partial charge on any atom is 0.303 e. The highest BCUT2D eigenvalue weighted by Gasteiger charge is 2.19. The van der Waals surface area contributed by atoms with Gasteiger partial charge in [0.25, 0.3) is 0 Å². The first-order valence-electron chi connectivity index (χ1n) is 7.36. The van der Waals surface area contributed by atoms with Crippen LogP contribution in [0.25, 0.3) is 0 Å². The van der Waals surface area contributed by atoms with Crippen LogP contribution in [0.2, 0.25) is 0 Å². The van der Waals surface area contributed by atoms with Crippen LogP contribution in [0.15, 0.2) is 35.2 Å². The lowest BCUT2D eigenvalue weighted by Crippen LogP contribution is -2.35. The predicted octanol–water partition coefficient (Wildman–Crippen LogP) is 3.36. The summed E-state index contributed by atoms with van der Waals surface area (Å²) >= 11 is 1.91.